The summed E-state index contributed by atoms with van der Waals surface area (Å²) in [5.41, 5.74) is 7.01. The van der Waals surface area contributed by atoms with Gasteiger partial charge in [-0.2, -0.15) is 5.26 Å². The van der Waals surface area contributed by atoms with Crippen LogP contribution in [0.2, 0.25) is 0 Å². The number of nitrogens with zero attached hydrogens (tertiary/aromatic N) is 2. The fourth-order valence-corrected chi connectivity index (χ4v) is 1.90. The van der Waals surface area contributed by atoms with E-state index in [9.17, 15) is 9.59 Å². The smallest absolute Gasteiger partial charge is 0.267 e. The monoisotopic (exact) mass is 314 g/mol. The van der Waals surface area contributed by atoms with Gasteiger partial charge in [-0.25, -0.2) is 0 Å². The van der Waals surface area contributed by atoms with Gasteiger partial charge >= 0.3 is 0 Å². The van der Waals surface area contributed by atoms with Crippen LogP contribution < -0.4 is 11.1 Å². The van der Waals surface area contributed by atoms with Crippen LogP contribution in [0.15, 0.2) is 36.0 Å². The second-order valence-corrected chi connectivity index (χ2v) is 5.39. The van der Waals surface area contributed by atoms with Gasteiger partial charge in [0.25, 0.3) is 5.91 Å². The van der Waals surface area contributed by atoms with Gasteiger partial charge in [0.05, 0.1) is 0 Å². The normalized spacial score (nSPS) is 11.0. The number of anilines is 1. The number of nitrogens with two attached hydrogens (primary N) is 1. The number of rotatable bonds is 6. The predicted octanol–water partition coefficient (Wildman–Crippen LogP) is 1.96. The van der Waals surface area contributed by atoms with E-state index < -0.39 is 5.91 Å². The molecule has 0 radical (unpaired) electrons. The van der Waals surface area contributed by atoms with E-state index in [0.717, 1.165) is 5.56 Å². The first-order chi connectivity index (χ1) is 10.9. The summed E-state index contributed by atoms with van der Waals surface area (Å²) in [6.45, 7) is 6.00. The maximum atomic E-state index is 12.2. The van der Waals surface area contributed by atoms with E-state index in [2.05, 4.69) is 19.2 Å². The first-order valence-corrected chi connectivity index (χ1v) is 7.39. The van der Waals surface area contributed by atoms with Crippen LogP contribution in [0.25, 0.3) is 0 Å². The second-order valence-electron chi connectivity index (χ2n) is 5.39. The summed E-state index contributed by atoms with van der Waals surface area (Å²) in [5.74, 6) is -0.444. The Balaban J connectivity index is 2.88. The van der Waals surface area contributed by atoms with Gasteiger partial charge in [-0.3, -0.25) is 9.59 Å². The van der Waals surface area contributed by atoms with Gasteiger partial charge in [0.15, 0.2) is 0 Å². The number of carbonyl (C=O) groups excluding carboxylic acids is 2. The minimum Gasteiger partial charge on any atom is -0.329 e. The van der Waals surface area contributed by atoms with Gasteiger partial charge in [0.2, 0.25) is 5.91 Å². The zero-order chi connectivity index (χ0) is 17.4. The maximum Gasteiger partial charge on any atom is 0.267 e. The molecule has 23 heavy (non-hydrogen) atoms. The predicted molar refractivity (Wildman–Crippen MR) is 89.3 cm³/mol. The molecule has 0 atom stereocenters. The Morgan fingerprint density at radius 2 is 1.96 bits per heavy atom. The van der Waals surface area contributed by atoms with Crippen LogP contribution in [0.4, 0.5) is 5.69 Å². The van der Waals surface area contributed by atoms with Crippen LogP contribution in [0, 0.1) is 11.3 Å². The largest absolute Gasteiger partial charge is 0.329 e. The molecule has 0 saturated carbocycles. The fourth-order valence-electron chi connectivity index (χ4n) is 1.90. The minimum atomic E-state index is -0.562. The highest BCUT2D eigenvalue weighted by Gasteiger charge is 2.13. The van der Waals surface area contributed by atoms with E-state index in [-0.39, 0.29) is 24.6 Å². The molecule has 0 saturated heterocycles. The third-order valence-corrected chi connectivity index (χ3v) is 3.26. The highest BCUT2D eigenvalue weighted by Crippen LogP contribution is 2.17. The molecule has 6 nitrogen and oxygen atoms in total. The van der Waals surface area contributed by atoms with Crippen LogP contribution in [-0.4, -0.2) is 29.8 Å². The summed E-state index contributed by atoms with van der Waals surface area (Å²) >= 11 is 0. The lowest BCUT2D eigenvalue weighted by molar-refractivity contribution is -0.126. The molecule has 0 fully saturated rings. The molecule has 1 aromatic carbocycles. The van der Waals surface area contributed by atoms with E-state index in [1.165, 1.54) is 18.0 Å². The maximum absolute atomic E-state index is 12.2. The molecule has 122 valence electrons. The van der Waals surface area contributed by atoms with Gasteiger partial charge in [0, 0.05) is 31.9 Å². The van der Waals surface area contributed by atoms with Crippen molar-refractivity contribution in [3.05, 3.63) is 41.6 Å². The zero-order valence-electron chi connectivity index (χ0n) is 13.7. The van der Waals surface area contributed by atoms with Gasteiger partial charge in [-0.05, 0) is 23.6 Å². The van der Waals surface area contributed by atoms with Crippen molar-refractivity contribution in [1.29, 1.82) is 5.26 Å². The Bertz CT molecular complexity index is 627. The van der Waals surface area contributed by atoms with Crippen LogP contribution in [0.1, 0.15) is 32.3 Å². The Morgan fingerprint density at radius 3 is 2.39 bits per heavy atom. The molecule has 1 aromatic rings. The number of nitriles is 1. The molecular weight excluding hydrogens is 292 g/mol. The molecule has 0 spiro atoms. The lowest BCUT2D eigenvalue weighted by Gasteiger charge is -2.15. The van der Waals surface area contributed by atoms with Crippen LogP contribution >= 0.6 is 0 Å². The third kappa shape index (κ3) is 5.57. The molecule has 0 bridgehead atoms. The molecular formula is C17H22N4O2. The summed E-state index contributed by atoms with van der Waals surface area (Å²) < 4.78 is 0. The molecule has 0 aliphatic rings. The lowest BCUT2D eigenvalue weighted by Crippen LogP contribution is -2.30. The summed E-state index contributed by atoms with van der Waals surface area (Å²) in [7, 11) is 0. The molecule has 2 amide bonds. The van der Waals surface area contributed by atoms with Crippen LogP contribution in [-0.2, 0) is 9.59 Å². The third-order valence-electron chi connectivity index (χ3n) is 3.26. The summed E-state index contributed by atoms with van der Waals surface area (Å²) in [5, 5.41) is 11.8. The van der Waals surface area contributed by atoms with E-state index in [1.54, 1.807) is 12.1 Å². The van der Waals surface area contributed by atoms with E-state index in [0.29, 0.717) is 11.6 Å². The van der Waals surface area contributed by atoms with Gasteiger partial charge in [-0.1, -0.05) is 26.0 Å². The second kappa shape index (κ2) is 8.71. The molecule has 0 unspecified atom stereocenters. The Kier molecular flexibility index (Phi) is 6.97. The Labute approximate surface area is 136 Å². The van der Waals surface area contributed by atoms with Crippen molar-refractivity contribution in [3.8, 4) is 6.07 Å². The molecule has 0 aliphatic carbocycles. The summed E-state index contributed by atoms with van der Waals surface area (Å²) in [6, 6.07) is 9.22. The van der Waals surface area contributed by atoms with Gasteiger partial charge < -0.3 is 16.0 Å². The number of hydrogen-bond acceptors (Lipinski definition) is 4. The highest BCUT2D eigenvalue weighted by molar-refractivity contribution is 6.06. The van der Waals surface area contributed by atoms with E-state index >= 15 is 0 Å². The number of amides is 2. The minimum absolute atomic E-state index is 0.151. The fraction of sp³-hybridized carbons (Fsp3) is 0.353. The summed E-state index contributed by atoms with van der Waals surface area (Å²) in [4.78, 5) is 24.9. The lowest BCUT2D eigenvalue weighted by atomic mass is 10.0. The number of hydrogen-bond donors (Lipinski definition) is 2. The van der Waals surface area contributed by atoms with Gasteiger partial charge in [-0.15, -0.1) is 0 Å². The molecule has 0 aliphatic heterocycles. The SMILES string of the molecule is CC(=O)N(/C=C(/C#N)C(=O)Nc1ccc(C(C)C)cc1)CCN. The van der Waals surface area contributed by atoms with E-state index in [4.69, 9.17) is 11.0 Å². The van der Waals surface area contributed by atoms with Crippen molar-refractivity contribution in [1.82, 2.24) is 4.90 Å². The first kappa shape index (κ1) is 18.4. The molecule has 3 N–H and O–H groups in total. The Morgan fingerprint density at radius 1 is 1.35 bits per heavy atom. The molecule has 0 heterocycles. The average molecular weight is 314 g/mol. The van der Waals surface area contributed by atoms with Gasteiger partial charge in [0.1, 0.15) is 11.6 Å². The first-order valence-electron chi connectivity index (χ1n) is 7.39. The van der Waals surface area contributed by atoms with Crippen molar-refractivity contribution in [2.24, 2.45) is 5.73 Å². The van der Waals surface area contributed by atoms with Crippen molar-refractivity contribution in [2.45, 2.75) is 26.7 Å². The quantitative estimate of drug-likeness (QED) is 0.619. The van der Waals surface area contributed by atoms with Crippen molar-refractivity contribution in [2.75, 3.05) is 18.4 Å². The zero-order valence-corrected chi connectivity index (χ0v) is 13.7. The number of benzene rings is 1. The standard InChI is InChI=1S/C17H22N4O2/c1-12(2)14-4-6-16(7-5-14)20-17(23)15(10-19)11-21(9-8-18)13(3)22/h4-7,11-12H,8-9,18H2,1-3H3,(H,20,23)/b15-11-. The molecule has 6 heteroatoms. The van der Waals surface area contributed by atoms with Crippen LogP contribution in [0.3, 0.4) is 0 Å². The molecule has 1 rings (SSSR count). The number of nitrogens with one attached hydrogen (secondary N) is 1. The van der Waals surface area contributed by atoms with Crippen molar-refractivity contribution >= 4 is 17.5 Å². The van der Waals surface area contributed by atoms with E-state index in [1.807, 2.05) is 18.2 Å². The van der Waals surface area contributed by atoms with Crippen LogP contribution in [0.5, 0.6) is 0 Å². The average Bonchev–Trinajstić information content (AvgIpc) is 2.51. The Hall–Kier alpha value is -2.65. The topological polar surface area (TPSA) is 99.2 Å². The van der Waals surface area contributed by atoms with Crippen molar-refractivity contribution in [3.63, 3.8) is 0 Å². The summed E-state index contributed by atoms with van der Waals surface area (Å²) in [6.07, 6.45) is 1.23. The number of carbonyl (C=O) groups is 2. The highest BCUT2D eigenvalue weighted by atomic mass is 16.2. The van der Waals surface area contributed by atoms with Crippen molar-refractivity contribution < 1.29 is 9.59 Å². The molecule has 0 aromatic heterocycles.